The Hall–Kier alpha value is -6.66. The Labute approximate surface area is 398 Å². The van der Waals surface area contributed by atoms with Crippen molar-refractivity contribution < 1.29 is 75.5 Å². The highest BCUT2D eigenvalue weighted by atomic mass is 19.2. The Morgan fingerprint density at radius 2 is 0.676 bits per heavy atom. The average Bonchev–Trinajstić information content (AvgIpc) is 3.68. The second-order valence-electron chi connectivity index (χ2n) is 18.2. The van der Waals surface area contributed by atoms with Gasteiger partial charge in [-0.25, -0.2) is 65.9 Å². The van der Waals surface area contributed by atoms with Crippen LogP contribution in [0, 0.1) is 94.2 Å². The van der Waals surface area contributed by atoms with Crippen molar-refractivity contribution >= 4 is 28.1 Å². The molecule has 0 radical (unpaired) electrons. The number of hydrogen-bond acceptors (Lipinski definition) is 1. The molecule has 0 saturated carbocycles. The minimum atomic E-state index is -6.32. The van der Waals surface area contributed by atoms with Gasteiger partial charge in [0.1, 0.15) is 52.5 Å². The van der Waals surface area contributed by atoms with E-state index in [9.17, 15) is 18.3 Å². The molecule has 7 aromatic rings. The summed E-state index contributed by atoms with van der Waals surface area (Å²) in [5.74, 6) is -49.5. The number of hydrogen-bond donors (Lipinski definition) is 1. The van der Waals surface area contributed by atoms with Gasteiger partial charge in [0, 0.05) is 27.8 Å². The van der Waals surface area contributed by atoms with Gasteiger partial charge in [-0.1, -0.05) is 128 Å². The van der Waals surface area contributed by atoms with Gasteiger partial charge in [-0.2, -0.15) is 9.13 Å². The molecule has 3 nitrogen and oxygen atoms in total. The summed E-state index contributed by atoms with van der Waals surface area (Å²) in [6, 6.07) is 17.7. The first-order valence-corrected chi connectivity index (χ1v) is 22.1. The summed E-state index contributed by atoms with van der Waals surface area (Å²) in [6.07, 6.45) is -5.92. The van der Waals surface area contributed by atoms with E-state index in [1.165, 1.54) is 63.6 Å². The van der Waals surface area contributed by atoms with Crippen molar-refractivity contribution in [2.45, 2.75) is 86.0 Å². The Bertz CT molecular complexity index is 2900. The largest absolute Gasteiger partial charge is 0.461 e. The maximum atomic E-state index is 17.0. The molecule has 0 fully saturated rings. The van der Waals surface area contributed by atoms with E-state index in [4.69, 9.17) is 0 Å². The van der Waals surface area contributed by atoms with Crippen LogP contribution >= 0.6 is 0 Å². The van der Waals surface area contributed by atoms with E-state index in [0.717, 1.165) is 0 Å². The van der Waals surface area contributed by atoms with E-state index in [1.54, 1.807) is 33.8 Å². The van der Waals surface area contributed by atoms with Crippen molar-refractivity contribution in [1.82, 2.24) is 4.57 Å². The zero-order valence-electron chi connectivity index (χ0n) is 39.3. The van der Waals surface area contributed by atoms with Gasteiger partial charge in [0.2, 0.25) is 0 Å². The summed E-state index contributed by atoms with van der Waals surface area (Å²) in [7, 11) is 0. The standard InChI is InChI=1S/C45H35BF15N2O.C7H8/c1-16(2)20-11-9-12-21(17(3)4)43(20)62-15-24(63(45(62)64)44-22(18(5)6)13-10-14-23(44)19(7)8)46(25-28(47)34(53)40(59)35(54)29(25)48,26-30(49)36(55)41(60)37(56)31(26)50)27-32(51)38(57)42(61)39(58)33(27)52;1-7-5-3-2-4-6-7/h9-19H,1-8H3;2-6H,1H3/q-1;/p+1. The molecule has 1 aromatic heterocycles. The first-order valence-electron chi connectivity index (χ1n) is 22.1. The lowest BCUT2D eigenvalue weighted by Crippen LogP contribution is -2.81. The van der Waals surface area contributed by atoms with Crippen molar-refractivity contribution in [3.8, 4) is 17.4 Å². The smallest absolute Gasteiger partial charge is 0.446 e. The van der Waals surface area contributed by atoms with Crippen LogP contribution in [0.3, 0.4) is 0 Å². The fourth-order valence-corrected chi connectivity index (χ4v) is 9.15. The van der Waals surface area contributed by atoms with Gasteiger partial charge in [0.15, 0.2) is 58.5 Å². The summed E-state index contributed by atoms with van der Waals surface area (Å²) in [5, 5.41) is 12.8. The van der Waals surface area contributed by atoms with E-state index in [-0.39, 0.29) is 27.9 Å². The summed E-state index contributed by atoms with van der Waals surface area (Å²) < 4.78 is 242. The molecular weight excluding hydrogens is 964 g/mol. The number of halogens is 15. The van der Waals surface area contributed by atoms with Gasteiger partial charge in [0.05, 0.1) is 0 Å². The summed E-state index contributed by atoms with van der Waals surface area (Å²) in [5.41, 5.74) is -8.69. The minimum Gasteiger partial charge on any atom is -0.446 e. The number of aryl methyl sites for hydroxylation is 1. The molecule has 0 amide bonds. The highest BCUT2D eigenvalue weighted by Gasteiger charge is 2.54. The monoisotopic (exact) mass is 1010 g/mol. The SMILES string of the molecule is CC(C)c1cccc(C(C)C)c1-n1c([B-](c2c(F)c(F)c(F)c(F)c2F)(c2c(F)c(F)c(F)c(F)c2F)c2c(F)c(F)c(F)c(F)c2F)c[n+](-c2c(C(C)C)cccc2C(C)C)c1O.Cc1ccccc1. The van der Waals surface area contributed by atoms with E-state index >= 15 is 52.7 Å². The van der Waals surface area contributed by atoms with Crippen LogP contribution in [0.5, 0.6) is 6.01 Å². The molecule has 0 atom stereocenters. The molecule has 0 aliphatic rings. The van der Waals surface area contributed by atoms with Gasteiger partial charge in [-0.3, -0.25) is 0 Å². The molecule has 0 spiro atoms. The molecule has 1 heterocycles. The van der Waals surface area contributed by atoms with Crippen LogP contribution in [0.15, 0.2) is 72.9 Å². The molecule has 376 valence electrons. The van der Waals surface area contributed by atoms with Crippen LogP contribution in [0.2, 0.25) is 0 Å². The van der Waals surface area contributed by atoms with Crippen molar-refractivity contribution in [3.63, 3.8) is 0 Å². The number of nitrogens with zero attached hydrogens (tertiary/aromatic N) is 2. The molecule has 0 unspecified atom stereocenters. The number of aromatic hydroxyl groups is 1. The quantitative estimate of drug-likeness (QED) is 0.0478. The third kappa shape index (κ3) is 8.72. The van der Waals surface area contributed by atoms with Crippen LogP contribution in [0.25, 0.3) is 11.4 Å². The van der Waals surface area contributed by atoms with Crippen LogP contribution in [0.1, 0.15) is 107 Å². The van der Waals surface area contributed by atoms with Gasteiger partial charge < -0.3 is 5.11 Å². The van der Waals surface area contributed by atoms with Crippen molar-refractivity contribution in [2.24, 2.45) is 0 Å². The predicted molar refractivity (Wildman–Crippen MR) is 239 cm³/mol. The topological polar surface area (TPSA) is 29.0 Å². The van der Waals surface area contributed by atoms with E-state index in [0.29, 0.717) is 15.3 Å². The normalized spacial score (nSPS) is 11.9. The summed E-state index contributed by atoms with van der Waals surface area (Å²) in [6.45, 7) is 14.7. The van der Waals surface area contributed by atoms with Crippen LogP contribution in [0.4, 0.5) is 65.9 Å². The number of benzene rings is 6. The lowest BCUT2D eigenvalue weighted by Gasteiger charge is -2.42. The van der Waals surface area contributed by atoms with Crippen LogP contribution in [-0.4, -0.2) is 15.8 Å². The molecule has 0 saturated heterocycles. The van der Waals surface area contributed by atoms with Crippen molar-refractivity contribution in [3.05, 3.63) is 188 Å². The van der Waals surface area contributed by atoms with E-state index < -0.39 is 151 Å². The van der Waals surface area contributed by atoms with E-state index in [1.807, 2.05) is 18.2 Å². The number of rotatable bonds is 10. The second kappa shape index (κ2) is 20.2. The number of imidazole rings is 1. The van der Waals surface area contributed by atoms with Gasteiger partial charge >= 0.3 is 6.01 Å². The maximum absolute atomic E-state index is 17.0. The maximum Gasteiger partial charge on any atom is 0.461 e. The second-order valence-corrected chi connectivity index (χ2v) is 18.2. The van der Waals surface area contributed by atoms with E-state index in [2.05, 4.69) is 19.1 Å². The molecule has 19 heteroatoms. The first kappa shape index (κ1) is 53.7. The molecule has 0 aliphatic heterocycles. The lowest BCUT2D eigenvalue weighted by atomic mass is 9.13. The Balaban J connectivity index is 0.00000108. The van der Waals surface area contributed by atoms with Crippen LogP contribution in [-0.2, 0) is 0 Å². The molecule has 6 aromatic carbocycles. The van der Waals surface area contributed by atoms with Crippen LogP contribution < -0.4 is 26.5 Å². The Morgan fingerprint density at radius 3 is 0.944 bits per heavy atom. The van der Waals surface area contributed by atoms with Gasteiger partial charge in [0.25, 0.3) is 0 Å². The molecular formula is C52H44BF15N2O. The molecule has 71 heavy (non-hydrogen) atoms. The molecule has 0 aliphatic carbocycles. The molecule has 0 bridgehead atoms. The van der Waals surface area contributed by atoms with Crippen molar-refractivity contribution in [2.75, 3.05) is 0 Å². The molecule has 7 rings (SSSR count). The fraction of sp³-hybridized carbons (Fsp3) is 0.250. The van der Waals surface area contributed by atoms with Gasteiger partial charge in [-0.05, 0) is 30.6 Å². The summed E-state index contributed by atoms with van der Waals surface area (Å²) in [4.78, 5) is 0. The highest BCUT2D eigenvalue weighted by molar-refractivity contribution is 7.19. The fourth-order valence-electron chi connectivity index (χ4n) is 9.15. The lowest BCUT2D eigenvalue weighted by molar-refractivity contribution is -0.604. The predicted octanol–water partition coefficient (Wildman–Crippen LogP) is 12.4. The first-order chi connectivity index (χ1) is 33.2. The summed E-state index contributed by atoms with van der Waals surface area (Å²) >= 11 is 0. The highest BCUT2D eigenvalue weighted by Crippen LogP contribution is 2.37. The third-order valence-corrected chi connectivity index (χ3v) is 12.5. The van der Waals surface area contributed by atoms with Crippen molar-refractivity contribution in [1.29, 1.82) is 0 Å². The molecule has 1 N–H and O–H groups in total. The number of aromatic nitrogens is 2. The third-order valence-electron chi connectivity index (χ3n) is 12.5. The minimum absolute atomic E-state index is 0.0451. The Kier molecular flexibility index (Phi) is 15.3. The van der Waals surface area contributed by atoms with Gasteiger partial charge in [-0.15, -0.1) is 16.4 Å². The Morgan fingerprint density at radius 1 is 0.394 bits per heavy atom. The zero-order valence-corrected chi connectivity index (χ0v) is 39.3. The average molecular weight is 1010 g/mol. The zero-order chi connectivity index (χ0) is 53.0. The number of para-hydroxylation sites is 2.